The highest BCUT2D eigenvalue weighted by Crippen LogP contribution is 2.35. The fourth-order valence-electron chi connectivity index (χ4n) is 5.69. The minimum Gasteiger partial charge on any atom is -0.871 e. The van der Waals surface area contributed by atoms with E-state index in [2.05, 4.69) is 59.7 Å². The molecule has 1 aliphatic heterocycles. The number of para-hydroxylation sites is 2. The van der Waals surface area contributed by atoms with Gasteiger partial charge in [-0.15, -0.1) is 0 Å². The molecule has 40 heavy (non-hydrogen) atoms. The first-order valence-corrected chi connectivity index (χ1v) is 15.0. The number of hydrogen-bond donors (Lipinski definition) is 0. The van der Waals surface area contributed by atoms with Crippen molar-refractivity contribution in [3.63, 3.8) is 0 Å². The van der Waals surface area contributed by atoms with Crippen LogP contribution >= 0.6 is 0 Å². The highest BCUT2D eigenvalue weighted by atomic mass is 16.3. The van der Waals surface area contributed by atoms with Crippen molar-refractivity contribution >= 4 is 34.5 Å². The molecule has 206 valence electrons. The summed E-state index contributed by atoms with van der Waals surface area (Å²) in [7, 11) is 0. The molecule has 0 radical (unpaired) electrons. The normalized spacial score (nSPS) is 16.8. The van der Waals surface area contributed by atoms with Crippen molar-refractivity contribution in [2.24, 2.45) is 0 Å². The van der Waals surface area contributed by atoms with E-state index in [1.54, 1.807) is 12.2 Å². The Labute approximate surface area is 238 Å². The Kier molecular flexibility index (Phi) is 8.95. The van der Waals surface area contributed by atoms with Crippen LogP contribution in [-0.4, -0.2) is 12.3 Å². The van der Waals surface area contributed by atoms with Gasteiger partial charge in [-0.25, -0.2) is 0 Å². The number of aryl methyl sites for hydroxylation is 1. The predicted molar refractivity (Wildman–Crippen MR) is 163 cm³/mol. The number of rotatable bonds is 12. The molecule has 0 fully saturated rings. The minimum absolute atomic E-state index is 0.165. The highest BCUT2D eigenvalue weighted by Gasteiger charge is 2.29. The third kappa shape index (κ3) is 5.82. The van der Waals surface area contributed by atoms with Gasteiger partial charge in [0.1, 0.15) is 6.54 Å². The molecule has 2 heterocycles. The van der Waals surface area contributed by atoms with E-state index in [0.29, 0.717) is 0 Å². The number of allylic oxidation sites excluding steroid dienone is 4. The molecular formula is C36H40N2O2. The minimum atomic E-state index is -0.165. The fraction of sp³-hybridized carbons (Fsp3) is 0.333. The van der Waals surface area contributed by atoms with E-state index < -0.39 is 0 Å². The molecule has 0 spiro atoms. The van der Waals surface area contributed by atoms with Gasteiger partial charge in [0.2, 0.25) is 11.2 Å². The molecule has 0 unspecified atom stereocenters. The van der Waals surface area contributed by atoms with Gasteiger partial charge in [-0.2, -0.15) is 4.57 Å². The number of hydrogen-bond acceptors (Lipinski definition) is 3. The maximum Gasteiger partial charge on any atom is 0.212 e. The van der Waals surface area contributed by atoms with Crippen LogP contribution in [0.1, 0.15) is 76.5 Å². The molecule has 1 aliphatic carbocycles. The van der Waals surface area contributed by atoms with Crippen LogP contribution in [0.4, 0.5) is 5.69 Å². The Balaban J connectivity index is 1.45. The van der Waals surface area contributed by atoms with Crippen LogP contribution in [0.2, 0.25) is 0 Å². The lowest BCUT2D eigenvalue weighted by molar-refractivity contribution is -0.673. The smallest absolute Gasteiger partial charge is 0.212 e. The summed E-state index contributed by atoms with van der Waals surface area (Å²) in [6, 6.07) is 20.7. The van der Waals surface area contributed by atoms with Crippen LogP contribution in [0.5, 0.6) is 0 Å². The van der Waals surface area contributed by atoms with E-state index in [1.807, 2.05) is 36.4 Å². The van der Waals surface area contributed by atoms with Crippen LogP contribution < -0.4 is 14.6 Å². The third-order valence-corrected chi connectivity index (χ3v) is 7.98. The molecule has 4 heteroatoms. The zero-order valence-corrected chi connectivity index (χ0v) is 23.9. The van der Waals surface area contributed by atoms with Crippen molar-refractivity contribution < 1.29 is 14.5 Å². The van der Waals surface area contributed by atoms with Crippen LogP contribution in [-0.2, 0) is 11.3 Å². The van der Waals surface area contributed by atoms with Crippen LogP contribution in [0, 0.1) is 0 Å². The summed E-state index contributed by atoms with van der Waals surface area (Å²) < 4.78 is 2.26. The van der Waals surface area contributed by atoms with Gasteiger partial charge < -0.3 is 10.0 Å². The molecule has 0 saturated heterocycles. The number of carbonyl (C=O) groups is 1. The van der Waals surface area contributed by atoms with Crippen molar-refractivity contribution in [3.05, 3.63) is 107 Å². The number of Topliss-reactive ketones (excluding diaryl/α,β-unsaturated/α-hetero) is 1. The monoisotopic (exact) mass is 532 g/mol. The molecule has 0 N–H and O–H groups in total. The van der Waals surface area contributed by atoms with E-state index in [1.165, 1.54) is 25.7 Å². The molecule has 1 aromatic heterocycles. The van der Waals surface area contributed by atoms with Gasteiger partial charge in [0.05, 0.1) is 0 Å². The Morgan fingerprint density at radius 3 is 2.35 bits per heavy atom. The van der Waals surface area contributed by atoms with Crippen molar-refractivity contribution in [1.82, 2.24) is 0 Å². The summed E-state index contributed by atoms with van der Waals surface area (Å²) in [5, 5.41) is 14.5. The molecule has 2 aromatic carbocycles. The summed E-state index contributed by atoms with van der Waals surface area (Å²) in [6.07, 6.45) is 17.0. The summed E-state index contributed by atoms with van der Waals surface area (Å²) in [5.74, 6) is -0.331. The summed E-state index contributed by atoms with van der Waals surface area (Å²) in [4.78, 5) is 15.6. The van der Waals surface area contributed by atoms with Crippen LogP contribution in [0.3, 0.4) is 0 Å². The van der Waals surface area contributed by atoms with E-state index >= 15 is 0 Å². The second-order valence-corrected chi connectivity index (χ2v) is 10.8. The van der Waals surface area contributed by atoms with Gasteiger partial charge >= 0.3 is 0 Å². The van der Waals surface area contributed by atoms with Crippen LogP contribution in [0.25, 0.3) is 23.1 Å². The Hall–Kier alpha value is -3.92. The number of anilines is 1. The second-order valence-electron chi connectivity index (χ2n) is 10.8. The number of benzene rings is 2. The maximum absolute atomic E-state index is 13.4. The molecule has 0 bridgehead atoms. The first-order valence-electron chi connectivity index (χ1n) is 15.0. The summed E-state index contributed by atoms with van der Waals surface area (Å²) >= 11 is 0. The molecule has 0 saturated carbocycles. The third-order valence-electron chi connectivity index (χ3n) is 7.98. The lowest BCUT2D eigenvalue weighted by Crippen LogP contribution is -2.39. The highest BCUT2D eigenvalue weighted by molar-refractivity contribution is 6.23. The first-order chi connectivity index (χ1) is 19.6. The van der Waals surface area contributed by atoms with E-state index in [0.717, 1.165) is 72.3 Å². The molecule has 3 aromatic rings. The van der Waals surface area contributed by atoms with Gasteiger partial charge in [0, 0.05) is 59.1 Å². The Bertz CT molecular complexity index is 1510. The van der Waals surface area contributed by atoms with Gasteiger partial charge in [-0.05, 0) is 48.8 Å². The van der Waals surface area contributed by atoms with Crippen molar-refractivity contribution in [3.8, 4) is 0 Å². The van der Waals surface area contributed by atoms with Crippen molar-refractivity contribution in [1.29, 1.82) is 0 Å². The van der Waals surface area contributed by atoms with E-state index in [4.69, 9.17) is 0 Å². The van der Waals surface area contributed by atoms with E-state index in [9.17, 15) is 9.90 Å². The van der Waals surface area contributed by atoms with Crippen molar-refractivity contribution in [2.45, 2.75) is 71.8 Å². The molecule has 0 amide bonds. The largest absolute Gasteiger partial charge is 0.871 e. The van der Waals surface area contributed by atoms with Gasteiger partial charge in [0.15, 0.2) is 5.78 Å². The van der Waals surface area contributed by atoms with Crippen molar-refractivity contribution in [2.75, 3.05) is 11.4 Å². The second kappa shape index (κ2) is 13.0. The molecule has 5 rings (SSSR count). The predicted octanol–water partition coefficient (Wildman–Crippen LogP) is 7.29. The number of pyridine rings is 1. The summed E-state index contributed by atoms with van der Waals surface area (Å²) in [6.45, 7) is 6.15. The number of ketones is 1. The first kappa shape index (κ1) is 27.6. The van der Waals surface area contributed by atoms with Gasteiger partial charge in [0.25, 0.3) is 0 Å². The Morgan fingerprint density at radius 1 is 0.800 bits per heavy atom. The molecule has 4 nitrogen and oxygen atoms in total. The SMILES string of the molecule is CCCCCCN1/C(=C/C2=C([O-])C(=C\c3ccc4ccccc4[n+]3CCCCCC)/C2=O)C=Cc2ccccc21. The van der Waals surface area contributed by atoms with E-state index in [-0.39, 0.29) is 22.7 Å². The fourth-order valence-corrected chi connectivity index (χ4v) is 5.69. The maximum atomic E-state index is 13.4. The molecule has 0 atom stereocenters. The lowest BCUT2D eigenvalue weighted by Gasteiger charge is -2.33. The van der Waals surface area contributed by atoms with Gasteiger partial charge in [-0.1, -0.05) is 88.1 Å². The van der Waals surface area contributed by atoms with Crippen LogP contribution in [0.15, 0.2) is 95.4 Å². The zero-order valence-electron chi connectivity index (χ0n) is 23.9. The van der Waals surface area contributed by atoms with Gasteiger partial charge in [-0.3, -0.25) is 4.79 Å². The topological polar surface area (TPSA) is 47.2 Å². The molecule has 2 aliphatic rings. The number of carbonyl (C=O) groups excluding carboxylic acids is 1. The standard InChI is InChI=1S/C36H40N2O2/c1-3-5-7-13-23-37-29(21-19-27-15-9-11-17-33(27)37)25-31-35(39)32(36(31)40)26-30-22-20-28-16-10-12-18-34(28)38(30)24-14-8-6-4-2/h9-12,15-22,25-26H,3-8,13-14,23-24H2,1-2H3. The quantitative estimate of drug-likeness (QED) is 0.140. The lowest BCUT2D eigenvalue weighted by atomic mass is 9.86. The molecular weight excluding hydrogens is 492 g/mol. The zero-order chi connectivity index (χ0) is 27.9. The number of nitrogens with zero attached hydrogens (tertiary/aromatic N) is 2. The number of fused-ring (bicyclic) bond motifs is 2. The summed E-state index contributed by atoms with van der Waals surface area (Å²) in [5.41, 5.74) is 5.78. The number of aromatic nitrogens is 1. The Morgan fingerprint density at radius 2 is 1.55 bits per heavy atom. The number of unbranched alkanes of at least 4 members (excludes halogenated alkanes) is 6. The average Bonchev–Trinajstić information content (AvgIpc) is 2.99. The average molecular weight is 533 g/mol.